The van der Waals surface area contributed by atoms with Crippen molar-refractivity contribution in [2.75, 3.05) is 0 Å². The van der Waals surface area contributed by atoms with Crippen molar-refractivity contribution in [3.63, 3.8) is 0 Å². The number of rotatable bonds is 5. The van der Waals surface area contributed by atoms with Gasteiger partial charge >= 0.3 is 5.97 Å². The minimum atomic E-state index is -0.956. The monoisotopic (exact) mass is 349 g/mol. The fraction of sp³-hybridized carbons (Fsp3) is 0.375. The number of benzene rings is 1. The number of halogens is 1. The van der Waals surface area contributed by atoms with Gasteiger partial charge in [0, 0.05) is 10.6 Å². The molecule has 2 atom stereocenters. The molecule has 1 aliphatic carbocycles. The van der Waals surface area contributed by atoms with Gasteiger partial charge in [-0.3, -0.25) is 9.59 Å². The van der Waals surface area contributed by atoms with Gasteiger partial charge in [0.25, 0.3) is 0 Å². The number of nitrogens with one attached hydrogen (secondary N) is 1. The van der Waals surface area contributed by atoms with Crippen LogP contribution in [0.2, 0.25) is 5.02 Å². The minimum absolute atomic E-state index is 0.0539. The van der Waals surface area contributed by atoms with E-state index < -0.39 is 23.2 Å². The summed E-state index contributed by atoms with van der Waals surface area (Å²) in [4.78, 5) is 27.5. The van der Waals surface area contributed by atoms with E-state index in [4.69, 9.17) is 21.2 Å². The fourth-order valence-electron chi connectivity index (χ4n) is 2.90. The summed E-state index contributed by atoms with van der Waals surface area (Å²) in [5.41, 5.74) is 0.203. The van der Waals surface area contributed by atoms with E-state index >= 15 is 0 Å². The number of carbonyl (C=O) groups is 2. The van der Waals surface area contributed by atoms with Crippen LogP contribution in [0.25, 0.3) is 11.4 Å². The van der Waals surface area contributed by atoms with Gasteiger partial charge in [-0.25, -0.2) is 0 Å². The maximum atomic E-state index is 12.1. The number of carbonyl (C=O) groups excluding carboxylic acids is 1. The summed E-state index contributed by atoms with van der Waals surface area (Å²) < 4.78 is 5.10. The van der Waals surface area contributed by atoms with Crippen LogP contribution in [0.5, 0.6) is 0 Å². The molecule has 1 aromatic carbocycles. The topological polar surface area (TPSA) is 105 Å². The van der Waals surface area contributed by atoms with Crippen LogP contribution in [0.4, 0.5) is 0 Å². The molecule has 0 aliphatic heterocycles. The number of aromatic nitrogens is 2. The van der Waals surface area contributed by atoms with Crippen molar-refractivity contribution >= 4 is 23.5 Å². The summed E-state index contributed by atoms with van der Waals surface area (Å²) in [6.07, 6.45) is 0. The van der Waals surface area contributed by atoms with Crippen LogP contribution in [0.1, 0.15) is 19.7 Å². The van der Waals surface area contributed by atoms with Crippen molar-refractivity contribution in [2.24, 2.45) is 17.3 Å². The second-order valence-corrected chi connectivity index (χ2v) is 6.79. The van der Waals surface area contributed by atoms with E-state index in [1.54, 1.807) is 38.1 Å². The Balaban J connectivity index is 1.61. The number of nitrogens with zero attached hydrogens (tertiary/aromatic N) is 2. The molecule has 1 saturated carbocycles. The molecule has 0 spiro atoms. The largest absolute Gasteiger partial charge is 0.481 e. The van der Waals surface area contributed by atoms with Gasteiger partial charge < -0.3 is 14.9 Å². The number of hydrogen-bond donors (Lipinski definition) is 2. The van der Waals surface area contributed by atoms with Crippen LogP contribution in [-0.4, -0.2) is 27.1 Å². The van der Waals surface area contributed by atoms with Crippen LogP contribution in [0, 0.1) is 17.3 Å². The zero-order valence-electron chi connectivity index (χ0n) is 13.1. The molecule has 2 N–H and O–H groups in total. The Morgan fingerprint density at radius 2 is 1.96 bits per heavy atom. The summed E-state index contributed by atoms with van der Waals surface area (Å²) in [5.74, 6) is -1.84. The predicted molar refractivity (Wildman–Crippen MR) is 85.0 cm³/mol. The predicted octanol–water partition coefficient (Wildman–Crippen LogP) is 2.36. The Hall–Kier alpha value is -2.41. The molecule has 0 saturated heterocycles. The van der Waals surface area contributed by atoms with Crippen LogP contribution >= 0.6 is 11.6 Å². The highest BCUT2D eigenvalue weighted by atomic mass is 35.5. The molecular formula is C16H16ClN3O4. The van der Waals surface area contributed by atoms with Gasteiger partial charge in [0.15, 0.2) is 0 Å². The van der Waals surface area contributed by atoms with Crippen molar-refractivity contribution in [1.29, 1.82) is 0 Å². The highest BCUT2D eigenvalue weighted by Crippen LogP contribution is 2.58. The Morgan fingerprint density at radius 3 is 2.54 bits per heavy atom. The summed E-state index contributed by atoms with van der Waals surface area (Å²) in [6.45, 7) is 3.58. The first kappa shape index (κ1) is 16.4. The number of carboxylic acids is 1. The maximum absolute atomic E-state index is 12.1. The van der Waals surface area contributed by atoms with Gasteiger partial charge in [0.2, 0.25) is 17.6 Å². The van der Waals surface area contributed by atoms with Crippen molar-refractivity contribution in [1.82, 2.24) is 15.5 Å². The standard InChI is InChI=1S/C16H16ClN3O4/c1-16(2)11(12(16)15(22)23)14(21)18-7-10-19-13(20-24-10)8-3-5-9(17)6-4-8/h3-6,11-12H,7H2,1-2H3,(H,18,21)(H,22,23). The minimum Gasteiger partial charge on any atom is -0.481 e. The lowest BCUT2D eigenvalue weighted by Gasteiger charge is -2.02. The van der Waals surface area contributed by atoms with Gasteiger partial charge in [0.05, 0.1) is 18.4 Å². The smallest absolute Gasteiger partial charge is 0.307 e. The third-order valence-electron chi connectivity index (χ3n) is 4.36. The first-order valence-corrected chi connectivity index (χ1v) is 7.77. The zero-order valence-corrected chi connectivity index (χ0v) is 13.9. The lowest BCUT2D eigenvalue weighted by Crippen LogP contribution is -2.27. The zero-order chi connectivity index (χ0) is 17.5. The van der Waals surface area contributed by atoms with E-state index in [9.17, 15) is 9.59 Å². The average Bonchev–Trinajstić information content (AvgIpc) is 2.89. The van der Waals surface area contributed by atoms with Crippen molar-refractivity contribution < 1.29 is 19.2 Å². The van der Waals surface area contributed by atoms with Crippen LogP contribution in [0.3, 0.4) is 0 Å². The lowest BCUT2D eigenvalue weighted by atomic mass is 10.1. The Bertz CT molecular complexity index is 785. The van der Waals surface area contributed by atoms with E-state index in [0.717, 1.165) is 5.56 Å². The van der Waals surface area contributed by atoms with Gasteiger partial charge in [0.1, 0.15) is 0 Å². The van der Waals surface area contributed by atoms with E-state index in [1.807, 2.05) is 0 Å². The molecule has 1 aliphatic rings. The molecule has 1 heterocycles. The molecule has 0 bridgehead atoms. The van der Waals surface area contributed by atoms with Gasteiger partial charge in [-0.2, -0.15) is 4.98 Å². The summed E-state index contributed by atoms with van der Waals surface area (Å²) in [7, 11) is 0. The van der Waals surface area contributed by atoms with Crippen LogP contribution in [0.15, 0.2) is 28.8 Å². The van der Waals surface area contributed by atoms with Crippen LogP contribution < -0.4 is 5.32 Å². The SMILES string of the molecule is CC1(C)C(C(=O)O)C1C(=O)NCc1nc(-c2ccc(Cl)cc2)no1. The molecule has 7 nitrogen and oxygen atoms in total. The van der Waals surface area contributed by atoms with Crippen molar-refractivity contribution in [2.45, 2.75) is 20.4 Å². The average molecular weight is 350 g/mol. The lowest BCUT2D eigenvalue weighted by molar-refractivity contribution is -0.140. The number of carboxylic acid groups (broad SMARTS) is 1. The number of aliphatic carboxylic acids is 1. The Labute approximate surface area is 143 Å². The molecule has 1 amide bonds. The molecular weight excluding hydrogens is 334 g/mol. The van der Waals surface area contributed by atoms with Crippen molar-refractivity contribution in [3.05, 3.63) is 35.2 Å². The molecule has 3 rings (SSSR count). The van der Waals surface area contributed by atoms with E-state index in [2.05, 4.69) is 15.5 Å². The molecule has 0 radical (unpaired) electrons. The number of amides is 1. The second-order valence-electron chi connectivity index (χ2n) is 6.35. The molecule has 1 aromatic heterocycles. The first-order chi connectivity index (χ1) is 11.3. The molecule has 8 heteroatoms. The second kappa shape index (κ2) is 5.90. The Kier molecular flexibility index (Phi) is 4.04. The van der Waals surface area contributed by atoms with Gasteiger partial charge in [-0.05, 0) is 29.7 Å². The molecule has 24 heavy (non-hydrogen) atoms. The summed E-state index contributed by atoms with van der Waals surface area (Å²) in [5, 5.41) is 16.2. The molecule has 2 unspecified atom stereocenters. The third-order valence-corrected chi connectivity index (χ3v) is 4.61. The summed E-state index contributed by atoms with van der Waals surface area (Å²) in [6, 6.07) is 6.96. The Morgan fingerprint density at radius 1 is 1.29 bits per heavy atom. The first-order valence-electron chi connectivity index (χ1n) is 7.39. The van der Waals surface area contributed by atoms with Crippen molar-refractivity contribution in [3.8, 4) is 11.4 Å². The third kappa shape index (κ3) is 2.99. The molecule has 1 fully saturated rings. The normalized spacial score (nSPS) is 21.3. The quantitative estimate of drug-likeness (QED) is 0.858. The highest BCUT2D eigenvalue weighted by Gasteiger charge is 2.65. The van der Waals surface area contributed by atoms with E-state index in [-0.39, 0.29) is 18.3 Å². The number of hydrogen-bond acceptors (Lipinski definition) is 5. The molecule has 126 valence electrons. The van der Waals surface area contributed by atoms with E-state index in [1.165, 1.54) is 0 Å². The highest BCUT2D eigenvalue weighted by molar-refractivity contribution is 6.30. The maximum Gasteiger partial charge on any atom is 0.307 e. The van der Waals surface area contributed by atoms with E-state index in [0.29, 0.717) is 10.8 Å². The van der Waals surface area contributed by atoms with Gasteiger partial charge in [-0.15, -0.1) is 0 Å². The fourth-order valence-corrected chi connectivity index (χ4v) is 3.03. The van der Waals surface area contributed by atoms with Gasteiger partial charge in [-0.1, -0.05) is 30.6 Å². The summed E-state index contributed by atoms with van der Waals surface area (Å²) >= 11 is 5.83. The molecule has 2 aromatic rings. The van der Waals surface area contributed by atoms with Crippen LogP contribution in [-0.2, 0) is 16.1 Å².